The third-order valence-electron chi connectivity index (χ3n) is 3.54. The zero-order valence-corrected chi connectivity index (χ0v) is 13.5. The second-order valence-corrected chi connectivity index (χ2v) is 5.39. The monoisotopic (exact) mass is 351 g/mol. The normalized spacial score (nSPS) is 10.2. The second kappa shape index (κ2) is 7.48. The average Bonchev–Trinajstić information content (AvgIpc) is 2.62. The molecule has 0 aliphatic heterocycles. The largest absolute Gasteiger partial charge is 0.478 e. The van der Waals surface area contributed by atoms with Crippen LogP contribution < -0.4 is 10.1 Å². The Hall–Kier alpha value is -3.67. The van der Waals surface area contributed by atoms with E-state index in [9.17, 15) is 19.1 Å². The molecule has 0 heterocycles. The summed E-state index contributed by atoms with van der Waals surface area (Å²) < 4.78 is 18.8. The van der Waals surface area contributed by atoms with Gasteiger partial charge in [-0.2, -0.15) is 0 Å². The maximum Gasteiger partial charge on any atom is 0.337 e. The molecule has 6 heteroatoms. The lowest BCUT2D eigenvalue weighted by Crippen LogP contribution is -2.14. The van der Waals surface area contributed by atoms with Crippen LogP contribution in [0, 0.1) is 5.82 Å². The zero-order chi connectivity index (χ0) is 18.5. The van der Waals surface area contributed by atoms with Crippen LogP contribution >= 0.6 is 0 Å². The van der Waals surface area contributed by atoms with Crippen molar-refractivity contribution in [2.24, 2.45) is 0 Å². The van der Waals surface area contributed by atoms with E-state index in [1.54, 1.807) is 36.4 Å². The molecule has 0 atom stereocenters. The van der Waals surface area contributed by atoms with E-state index >= 15 is 0 Å². The van der Waals surface area contributed by atoms with Crippen LogP contribution in [0.3, 0.4) is 0 Å². The van der Waals surface area contributed by atoms with Crippen LogP contribution in [0.15, 0.2) is 72.8 Å². The first-order valence-electron chi connectivity index (χ1n) is 7.70. The highest BCUT2D eigenvalue weighted by atomic mass is 19.1. The molecular formula is C20H14FNO4. The van der Waals surface area contributed by atoms with E-state index in [4.69, 9.17) is 4.74 Å². The molecule has 0 fully saturated rings. The van der Waals surface area contributed by atoms with Gasteiger partial charge in [-0.25, -0.2) is 9.18 Å². The Kier molecular flexibility index (Phi) is 4.94. The third kappa shape index (κ3) is 4.05. The van der Waals surface area contributed by atoms with Crippen LogP contribution in [0.25, 0.3) is 0 Å². The van der Waals surface area contributed by atoms with Gasteiger partial charge in [0.15, 0.2) is 0 Å². The van der Waals surface area contributed by atoms with Crippen molar-refractivity contribution in [1.29, 1.82) is 0 Å². The number of aromatic carboxylic acids is 1. The number of carbonyl (C=O) groups excluding carboxylic acids is 1. The summed E-state index contributed by atoms with van der Waals surface area (Å²) in [7, 11) is 0. The van der Waals surface area contributed by atoms with Crippen molar-refractivity contribution >= 4 is 17.6 Å². The molecule has 26 heavy (non-hydrogen) atoms. The van der Waals surface area contributed by atoms with Gasteiger partial charge in [0.1, 0.15) is 17.3 Å². The van der Waals surface area contributed by atoms with Gasteiger partial charge >= 0.3 is 5.97 Å². The number of carboxylic acid groups (broad SMARTS) is 1. The van der Waals surface area contributed by atoms with Crippen LogP contribution in [-0.2, 0) is 0 Å². The molecule has 2 N–H and O–H groups in total. The van der Waals surface area contributed by atoms with Crippen LogP contribution in [-0.4, -0.2) is 17.0 Å². The summed E-state index contributed by atoms with van der Waals surface area (Å²) in [4.78, 5) is 23.7. The summed E-state index contributed by atoms with van der Waals surface area (Å²) in [5.74, 6) is -1.57. The van der Waals surface area contributed by atoms with Crippen molar-refractivity contribution in [3.63, 3.8) is 0 Å². The van der Waals surface area contributed by atoms with Gasteiger partial charge in [-0.1, -0.05) is 24.3 Å². The number of amides is 1. The van der Waals surface area contributed by atoms with Crippen LogP contribution in [0.4, 0.5) is 10.1 Å². The van der Waals surface area contributed by atoms with E-state index in [1.807, 2.05) is 0 Å². The van der Waals surface area contributed by atoms with Gasteiger partial charge in [-0.15, -0.1) is 0 Å². The van der Waals surface area contributed by atoms with E-state index in [2.05, 4.69) is 5.32 Å². The lowest BCUT2D eigenvalue weighted by Gasteiger charge is -2.12. The predicted molar refractivity (Wildman–Crippen MR) is 94.3 cm³/mol. The van der Waals surface area contributed by atoms with Gasteiger partial charge in [0.05, 0.1) is 11.3 Å². The lowest BCUT2D eigenvalue weighted by molar-refractivity contribution is 0.0698. The minimum atomic E-state index is -1.19. The number of benzene rings is 3. The number of rotatable bonds is 5. The number of nitrogens with one attached hydrogen (secondary N) is 1. The quantitative estimate of drug-likeness (QED) is 0.706. The molecule has 0 spiro atoms. The molecule has 0 unspecified atom stereocenters. The first kappa shape index (κ1) is 17.2. The number of ether oxygens (including phenoxy) is 1. The molecule has 0 saturated heterocycles. The van der Waals surface area contributed by atoms with Gasteiger partial charge in [-0.3, -0.25) is 4.79 Å². The van der Waals surface area contributed by atoms with Crippen molar-refractivity contribution in [2.75, 3.05) is 5.32 Å². The standard InChI is InChI=1S/C20H14FNO4/c21-14-7-4-8-15(11-14)26-16-9-10-17(20(24)25)18(12-16)22-19(23)13-5-2-1-3-6-13/h1-12H,(H,22,23)(H,24,25). The second-order valence-electron chi connectivity index (χ2n) is 5.39. The highest BCUT2D eigenvalue weighted by molar-refractivity contribution is 6.07. The molecule has 3 aromatic rings. The van der Waals surface area contributed by atoms with E-state index < -0.39 is 17.7 Å². The fourth-order valence-corrected chi connectivity index (χ4v) is 2.33. The highest BCUT2D eigenvalue weighted by Crippen LogP contribution is 2.28. The molecule has 3 rings (SSSR count). The molecule has 3 aromatic carbocycles. The lowest BCUT2D eigenvalue weighted by atomic mass is 10.1. The van der Waals surface area contributed by atoms with Crippen molar-refractivity contribution in [2.45, 2.75) is 0 Å². The highest BCUT2D eigenvalue weighted by Gasteiger charge is 2.15. The van der Waals surface area contributed by atoms with Gasteiger partial charge in [0, 0.05) is 17.7 Å². The van der Waals surface area contributed by atoms with Crippen LogP contribution in [0.1, 0.15) is 20.7 Å². The van der Waals surface area contributed by atoms with Crippen molar-refractivity contribution in [1.82, 2.24) is 0 Å². The Labute approximate surface area is 148 Å². The fourth-order valence-electron chi connectivity index (χ4n) is 2.33. The molecule has 1 amide bonds. The van der Waals surface area contributed by atoms with Crippen molar-refractivity contribution < 1.29 is 23.8 Å². The summed E-state index contributed by atoms with van der Waals surface area (Å²) in [6, 6.07) is 18.1. The molecule has 0 bridgehead atoms. The number of halogens is 1. The minimum Gasteiger partial charge on any atom is -0.478 e. The minimum absolute atomic E-state index is 0.0825. The van der Waals surface area contributed by atoms with Crippen LogP contribution in [0.2, 0.25) is 0 Å². The van der Waals surface area contributed by atoms with E-state index in [0.717, 1.165) is 0 Å². The molecule has 0 radical (unpaired) electrons. The zero-order valence-electron chi connectivity index (χ0n) is 13.5. The Morgan fingerprint density at radius 2 is 1.62 bits per heavy atom. The Morgan fingerprint density at radius 3 is 2.31 bits per heavy atom. The van der Waals surface area contributed by atoms with E-state index in [1.165, 1.54) is 36.4 Å². The van der Waals surface area contributed by atoms with Gasteiger partial charge in [0.2, 0.25) is 0 Å². The number of carboxylic acids is 1. The number of hydrogen-bond acceptors (Lipinski definition) is 3. The molecule has 0 saturated carbocycles. The smallest absolute Gasteiger partial charge is 0.337 e. The molecule has 0 aliphatic carbocycles. The summed E-state index contributed by atoms with van der Waals surface area (Å²) in [5, 5.41) is 11.9. The molecule has 0 aliphatic rings. The predicted octanol–water partition coefficient (Wildman–Crippen LogP) is 4.57. The number of carbonyl (C=O) groups is 2. The average molecular weight is 351 g/mol. The van der Waals surface area contributed by atoms with Crippen LogP contribution in [0.5, 0.6) is 11.5 Å². The molecule has 5 nitrogen and oxygen atoms in total. The Morgan fingerprint density at radius 1 is 0.885 bits per heavy atom. The Balaban J connectivity index is 1.89. The summed E-state index contributed by atoms with van der Waals surface area (Å²) in [5.41, 5.74) is 0.390. The molecule has 0 aromatic heterocycles. The first-order valence-corrected chi connectivity index (χ1v) is 7.70. The van der Waals surface area contributed by atoms with Gasteiger partial charge in [0.25, 0.3) is 5.91 Å². The first-order chi connectivity index (χ1) is 12.5. The molecule has 130 valence electrons. The number of hydrogen-bond donors (Lipinski definition) is 2. The van der Waals surface area contributed by atoms with Crippen molar-refractivity contribution in [3.8, 4) is 11.5 Å². The maximum atomic E-state index is 13.3. The fraction of sp³-hybridized carbons (Fsp3) is 0. The summed E-state index contributed by atoms with van der Waals surface area (Å²) in [6.07, 6.45) is 0. The summed E-state index contributed by atoms with van der Waals surface area (Å²) in [6.45, 7) is 0. The van der Waals surface area contributed by atoms with Gasteiger partial charge < -0.3 is 15.2 Å². The molecular weight excluding hydrogens is 337 g/mol. The van der Waals surface area contributed by atoms with E-state index in [-0.39, 0.29) is 22.7 Å². The Bertz CT molecular complexity index is 957. The van der Waals surface area contributed by atoms with E-state index in [0.29, 0.717) is 5.56 Å². The number of anilines is 1. The van der Waals surface area contributed by atoms with Gasteiger partial charge in [-0.05, 0) is 36.4 Å². The maximum absolute atomic E-state index is 13.3. The SMILES string of the molecule is O=C(Nc1cc(Oc2cccc(F)c2)ccc1C(=O)O)c1ccccc1. The topological polar surface area (TPSA) is 75.6 Å². The van der Waals surface area contributed by atoms with Crippen molar-refractivity contribution in [3.05, 3.63) is 89.7 Å². The third-order valence-corrected chi connectivity index (χ3v) is 3.54. The summed E-state index contributed by atoms with van der Waals surface area (Å²) >= 11 is 0.